The van der Waals surface area contributed by atoms with Crippen LogP contribution < -0.4 is 14.8 Å². The van der Waals surface area contributed by atoms with E-state index in [9.17, 15) is 64.7 Å². The number of azo groups is 2. The second-order valence-electron chi connectivity index (χ2n) is 11.7. The van der Waals surface area contributed by atoms with Crippen molar-refractivity contribution in [1.82, 2.24) is 0 Å². The Morgan fingerprint density at radius 1 is 0.574 bits per heavy atom. The number of phenols is 1. The minimum absolute atomic E-state index is 0.0441. The summed E-state index contributed by atoms with van der Waals surface area (Å²) in [4.78, 5) is -3.34. The number of nitrogens with one attached hydrogen (secondary N) is 1. The number of fused-ring (bicyclic) bond motifs is 1. The van der Waals surface area contributed by atoms with Gasteiger partial charge >= 0.3 is 20.8 Å². The summed E-state index contributed by atoms with van der Waals surface area (Å²) in [7, 11) is -26.0. The Morgan fingerprint density at radius 2 is 1.13 bits per heavy atom. The van der Waals surface area contributed by atoms with Crippen LogP contribution in [0.1, 0.15) is 0 Å². The predicted molar refractivity (Wildman–Crippen MR) is 208 cm³/mol. The van der Waals surface area contributed by atoms with Gasteiger partial charge in [0.15, 0.2) is 25.4 Å². The summed E-state index contributed by atoms with van der Waals surface area (Å²) in [5.74, 6) is -3.85. The third-order valence-corrected chi connectivity index (χ3v) is 13.9. The van der Waals surface area contributed by atoms with E-state index < -0.39 is 139 Å². The molecule has 0 fully saturated rings. The number of aromatic hydroxyl groups is 1. The molecule has 4 aromatic carbocycles. The van der Waals surface area contributed by atoms with Gasteiger partial charge in [0, 0.05) is 30.0 Å². The van der Waals surface area contributed by atoms with Crippen LogP contribution in [0.3, 0.4) is 0 Å². The zero-order valence-electron chi connectivity index (χ0n) is 31.0. The molecule has 0 unspecified atom stereocenters. The van der Waals surface area contributed by atoms with Gasteiger partial charge < -0.3 is 19.9 Å². The average molecular weight is 978 g/mol. The molecule has 0 aliphatic rings. The first-order valence-corrected chi connectivity index (χ1v) is 24.8. The minimum atomic E-state index is -5.31. The molecule has 0 bridgehead atoms. The van der Waals surface area contributed by atoms with E-state index in [-0.39, 0.29) is 22.1 Å². The fraction of sp³-hybridized carbons (Fsp3) is 0.241. The van der Waals surface area contributed by atoms with Gasteiger partial charge in [0.1, 0.15) is 48.9 Å². The molecule has 0 amide bonds. The maximum Gasteiger partial charge on any atom is 0.397 e. The third kappa shape index (κ3) is 12.1. The number of benzene rings is 4. The lowest BCUT2D eigenvalue weighted by Crippen LogP contribution is -2.16. The minimum Gasteiger partial charge on any atom is -0.506 e. The molecule has 0 spiro atoms. The van der Waals surface area contributed by atoms with Gasteiger partial charge in [0.25, 0.3) is 20.2 Å². The van der Waals surface area contributed by atoms with Crippen molar-refractivity contribution in [2.75, 3.05) is 51.3 Å². The monoisotopic (exact) mass is 977 g/mol. The van der Waals surface area contributed by atoms with Crippen molar-refractivity contribution >= 4 is 99.9 Å². The molecule has 32 heteroatoms. The smallest absolute Gasteiger partial charge is 0.397 e. The molecule has 0 radical (unpaired) electrons. The fourth-order valence-electron chi connectivity index (χ4n) is 5.14. The summed E-state index contributed by atoms with van der Waals surface area (Å²) in [6, 6.07) is 7.00. The molecule has 0 atom stereocenters. The molecule has 0 aliphatic heterocycles. The van der Waals surface area contributed by atoms with Crippen LogP contribution in [0.4, 0.5) is 28.4 Å². The number of ether oxygens (including phenoxy) is 2. The normalized spacial score (nSPS) is 13.3. The Bertz CT molecular complexity index is 3140. The van der Waals surface area contributed by atoms with Crippen molar-refractivity contribution < 1.29 is 91.7 Å². The molecular weight excluding hydrogens is 947 g/mol. The average Bonchev–Trinajstić information content (AvgIpc) is 3.13. The van der Waals surface area contributed by atoms with Crippen molar-refractivity contribution in [2.45, 2.75) is 19.6 Å². The molecule has 6 N–H and O–H groups in total. The number of rotatable bonds is 19. The summed E-state index contributed by atoms with van der Waals surface area (Å²) in [5, 5.41) is 28.6. The first-order chi connectivity index (χ1) is 28.0. The lowest BCUT2D eigenvalue weighted by atomic mass is 10.0. The summed E-state index contributed by atoms with van der Waals surface area (Å²) in [6.07, 6.45) is 0. The van der Waals surface area contributed by atoms with Crippen LogP contribution in [0.25, 0.3) is 10.8 Å². The Kier molecular flexibility index (Phi) is 14.5. The number of nitrogens with zero attached hydrogens (tertiary/aromatic N) is 4. The Labute approximate surface area is 347 Å². The number of hydrogen-bond donors (Lipinski definition) is 6. The number of anilines is 1. The van der Waals surface area contributed by atoms with Crippen LogP contribution in [-0.2, 0) is 69.1 Å². The van der Waals surface area contributed by atoms with Crippen molar-refractivity contribution in [2.24, 2.45) is 20.5 Å². The summed E-state index contributed by atoms with van der Waals surface area (Å²) in [5.41, 5.74) is -2.32. The van der Waals surface area contributed by atoms with E-state index in [1.54, 1.807) is 0 Å². The second kappa shape index (κ2) is 18.2. The molecule has 26 nitrogen and oxygen atoms in total. The van der Waals surface area contributed by atoms with Crippen molar-refractivity contribution in [3.63, 3.8) is 0 Å². The number of hydrogen-bond acceptors (Lipinski definition) is 22. The highest BCUT2D eigenvalue weighted by Crippen LogP contribution is 2.48. The highest BCUT2D eigenvalue weighted by molar-refractivity contribution is 7.92. The van der Waals surface area contributed by atoms with Crippen LogP contribution in [0, 0.1) is 0 Å². The molecule has 0 saturated heterocycles. The van der Waals surface area contributed by atoms with Crippen LogP contribution in [-0.4, -0.2) is 120 Å². The third-order valence-electron chi connectivity index (χ3n) is 7.78. The molecule has 4 rings (SSSR count). The summed E-state index contributed by atoms with van der Waals surface area (Å²) >= 11 is 0. The molecule has 0 heterocycles. The molecule has 0 aromatic heterocycles. The SMILES string of the molecule is CNc1ccc2c(OC)c(/N=N/c3cc(OC)c(S(=O)(=O)CCOS(=O)(=O)O)cc3O)c(S(=O)(=O)O)cc2c1/N=N/c1cc(S(=O)(=O)CCOS(=O)(=O)O)ccc1S(=O)(=O)O. The van der Waals surface area contributed by atoms with E-state index in [0.717, 1.165) is 32.4 Å². The van der Waals surface area contributed by atoms with Crippen LogP contribution in [0.15, 0.2) is 88.6 Å². The van der Waals surface area contributed by atoms with Gasteiger partial charge in [-0.2, -0.15) is 33.7 Å². The second-order valence-corrected chi connectivity index (χ2v) is 20.8. The lowest BCUT2D eigenvalue weighted by Gasteiger charge is -2.15. The van der Waals surface area contributed by atoms with Crippen molar-refractivity contribution in [3.05, 3.63) is 48.5 Å². The van der Waals surface area contributed by atoms with Crippen LogP contribution in [0.5, 0.6) is 17.2 Å². The molecule has 61 heavy (non-hydrogen) atoms. The van der Waals surface area contributed by atoms with E-state index in [1.807, 2.05) is 0 Å². The highest BCUT2D eigenvalue weighted by Gasteiger charge is 2.28. The summed E-state index contributed by atoms with van der Waals surface area (Å²) < 4.78 is 201. The standard InChI is InChI=1S/C29H31N5O21S6/c1-30-19-6-5-17-18(27(19)33-32-21-12-16(4-7-24(21)58(40,41)42)56(36,37)10-8-54-60(46,47)48)13-26(59(43,44)45)28(29(17)53-3)34-31-20-14-23(52-2)25(15-22(20)35)57(38,39)11-9-55-61(49,50)51/h4-7,12-15,30,35H,8-11H2,1-3H3,(H,40,41,42)(H,43,44,45)(H,46,47,48)(H,49,50,51)/b33-32+,34-31+. The molecule has 0 aliphatic carbocycles. The Hall–Kier alpha value is -5.00. The largest absolute Gasteiger partial charge is 0.506 e. The maximum absolute atomic E-state index is 12.9. The van der Waals surface area contributed by atoms with Gasteiger partial charge in [-0.15, -0.1) is 20.5 Å². The fourth-order valence-corrected chi connectivity index (χ4v) is 9.56. The number of sulfone groups is 2. The van der Waals surface area contributed by atoms with Gasteiger partial charge in [0.05, 0.1) is 49.5 Å². The zero-order chi connectivity index (χ0) is 45.9. The highest BCUT2D eigenvalue weighted by atomic mass is 32.3. The Balaban J connectivity index is 1.91. The van der Waals surface area contributed by atoms with E-state index in [1.165, 1.54) is 19.2 Å². The molecule has 0 saturated carbocycles. The number of phenolic OH excluding ortho intramolecular Hbond substituents is 1. The predicted octanol–water partition coefficient (Wildman–Crippen LogP) is 3.11. The van der Waals surface area contributed by atoms with Crippen LogP contribution in [0.2, 0.25) is 0 Å². The van der Waals surface area contributed by atoms with E-state index >= 15 is 0 Å². The first-order valence-electron chi connectivity index (χ1n) is 15.9. The van der Waals surface area contributed by atoms with Gasteiger partial charge in [-0.3, -0.25) is 18.2 Å². The van der Waals surface area contributed by atoms with Gasteiger partial charge in [0.2, 0.25) is 0 Å². The zero-order valence-corrected chi connectivity index (χ0v) is 35.9. The van der Waals surface area contributed by atoms with Crippen LogP contribution >= 0.6 is 0 Å². The molecule has 334 valence electrons. The van der Waals surface area contributed by atoms with E-state index in [4.69, 9.17) is 18.6 Å². The molecule has 4 aromatic rings. The van der Waals surface area contributed by atoms with E-state index in [0.29, 0.717) is 18.2 Å². The number of methoxy groups -OCH3 is 2. The van der Waals surface area contributed by atoms with E-state index in [2.05, 4.69) is 34.1 Å². The van der Waals surface area contributed by atoms with Crippen molar-refractivity contribution in [3.8, 4) is 17.2 Å². The van der Waals surface area contributed by atoms with Crippen molar-refractivity contribution in [1.29, 1.82) is 0 Å². The van der Waals surface area contributed by atoms with Gasteiger partial charge in [-0.1, -0.05) is 0 Å². The van der Waals surface area contributed by atoms with Gasteiger partial charge in [-0.05, 0) is 36.4 Å². The Morgan fingerprint density at radius 3 is 1.66 bits per heavy atom. The lowest BCUT2D eigenvalue weighted by molar-refractivity contribution is 0.282. The summed E-state index contributed by atoms with van der Waals surface area (Å²) in [6.45, 7) is -2.07. The topological polar surface area (TPSA) is 404 Å². The molecular formula is C29H31N5O21S6. The first kappa shape index (κ1) is 48.7. The quantitative estimate of drug-likeness (QED) is 0.0580. The van der Waals surface area contributed by atoms with Gasteiger partial charge in [-0.25, -0.2) is 25.2 Å². The maximum atomic E-state index is 12.9.